The van der Waals surface area contributed by atoms with Gasteiger partial charge in [0.05, 0.1) is 5.01 Å². The quantitative estimate of drug-likeness (QED) is 0.860. The van der Waals surface area contributed by atoms with Crippen LogP contribution in [0.5, 0.6) is 0 Å². The molecular weight excluding hydrogens is 294 g/mol. The number of hydrogen-bond donors (Lipinski definition) is 2. The van der Waals surface area contributed by atoms with E-state index >= 15 is 0 Å². The van der Waals surface area contributed by atoms with Crippen LogP contribution in [-0.2, 0) is 12.8 Å². The highest BCUT2D eigenvalue weighted by Gasteiger charge is 2.14. The number of carbonyl (C=O) groups is 1. The van der Waals surface area contributed by atoms with E-state index in [-0.39, 0.29) is 11.9 Å². The molecule has 0 aliphatic rings. The first kappa shape index (κ1) is 16.6. The second-order valence-electron chi connectivity index (χ2n) is 5.74. The molecule has 0 bridgehead atoms. The van der Waals surface area contributed by atoms with Gasteiger partial charge in [0.25, 0.3) is 5.91 Å². The monoisotopic (exact) mass is 317 g/mol. The van der Waals surface area contributed by atoms with Gasteiger partial charge in [-0.2, -0.15) is 0 Å². The second-order valence-corrected chi connectivity index (χ2v) is 6.68. The number of nitrogens with zero attached hydrogens (tertiary/aromatic N) is 1. The van der Waals surface area contributed by atoms with Gasteiger partial charge in [-0.3, -0.25) is 4.79 Å². The lowest BCUT2D eigenvalue weighted by atomic mass is 10.0. The van der Waals surface area contributed by atoms with E-state index in [0.29, 0.717) is 12.2 Å². The van der Waals surface area contributed by atoms with Crippen molar-refractivity contribution in [2.75, 3.05) is 6.54 Å². The van der Waals surface area contributed by atoms with Gasteiger partial charge in [-0.1, -0.05) is 29.3 Å². The smallest absolute Gasteiger partial charge is 0.270 e. The molecule has 0 fully saturated rings. The van der Waals surface area contributed by atoms with E-state index < -0.39 is 0 Å². The Morgan fingerprint density at radius 3 is 2.64 bits per heavy atom. The topological polar surface area (TPSA) is 68.0 Å². The van der Waals surface area contributed by atoms with Crippen molar-refractivity contribution >= 4 is 17.2 Å². The molecule has 1 unspecified atom stereocenters. The van der Waals surface area contributed by atoms with Crippen molar-refractivity contribution in [3.63, 3.8) is 0 Å². The Morgan fingerprint density at radius 1 is 1.32 bits per heavy atom. The first-order valence-corrected chi connectivity index (χ1v) is 8.38. The minimum atomic E-state index is -0.114. The summed E-state index contributed by atoms with van der Waals surface area (Å²) in [7, 11) is 0. The summed E-state index contributed by atoms with van der Waals surface area (Å²) >= 11 is 1.49. The molecule has 0 aliphatic carbocycles. The van der Waals surface area contributed by atoms with Crippen LogP contribution in [-0.4, -0.2) is 23.5 Å². The first-order valence-electron chi connectivity index (χ1n) is 7.50. The maximum atomic E-state index is 12.2. The third-order valence-corrected chi connectivity index (χ3v) is 4.25. The maximum Gasteiger partial charge on any atom is 0.270 e. The minimum absolute atomic E-state index is 0.0633. The van der Waals surface area contributed by atoms with Gasteiger partial charge in [-0.05, 0) is 39.3 Å². The Bertz CT molecular complexity index is 631. The fourth-order valence-corrected chi connectivity index (χ4v) is 3.34. The van der Waals surface area contributed by atoms with Crippen molar-refractivity contribution in [1.29, 1.82) is 0 Å². The second kappa shape index (κ2) is 7.51. The van der Waals surface area contributed by atoms with E-state index in [2.05, 4.69) is 42.3 Å². The molecule has 0 radical (unpaired) electrons. The van der Waals surface area contributed by atoms with Crippen molar-refractivity contribution < 1.29 is 4.79 Å². The van der Waals surface area contributed by atoms with E-state index in [9.17, 15) is 4.79 Å². The number of thiazole rings is 1. The van der Waals surface area contributed by atoms with Crippen LogP contribution in [0.25, 0.3) is 0 Å². The molecule has 2 aromatic rings. The Balaban J connectivity index is 1.95. The normalized spacial score (nSPS) is 12.2. The van der Waals surface area contributed by atoms with Gasteiger partial charge in [0.2, 0.25) is 0 Å². The van der Waals surface area contributed by atoms with Crippen LogP contribution < -0.4 is 11.1 Å². The van der Waals surface area contributed by atoms with E-state index in [4.69, 9.17) is 5.73 Å². The van der Waals surface area contributed by atoms with Crippen LogP contribution in [0.15, 0.2) is 23.6 Å². The molecule has 22 heavy (non-hydrogen) atoms. The molecule has 1 amide bonds. The summed E-state index contributed by atoms with van der Waals surface area (Å²) in [6.45, 7) is 6.75. The summed E-state index contributed by atoms with van der Waals surface area (Å²) in [5.41, 5.74) is 9.73. The van der Waals surface area contributed by atoms with Gasteiger partial charge in [-0.25, -0.2) is 4.98 Å². The molecule has 0 saturated carbocycles. The predicted octanol–water partition coefficient (Wildman–Crippen LogP) is 2.62. The zero-order chi connectivity index (χ0) is 16.1. The third-order valence-electron chi connectivity index (χ3n) is 3.34. The van der Waals surface area contributed by atoms with Gasteiger partial charge in [0, 0.05) is 17.8 Å². The Kier molecular flexibility index (Phi) is 5.69. The zero-order valence-corrected chi connectivity index (χ0v) is 14.2. The Morgan fingerprint density at radius 2 is 2.00 bits per heavy atom. The summed E-state index contributed by atoms with van der Waals surface area (Å²) in [6.07, 6.45) is 1.53. The average Bonchev–Trinajstić information content (AvgIpc) is 2.86. The molecule has 1 heterocycles. The molecule has 0 spiro atoms. The first-order chi connectivity index (χ1) is 10.5. The van der Waals surface area contributed by atoms with Crippen LogP contribution in [0.4, 0.5) is 0 Å². The van der Waals surface area contributed by atoms with Gasteiger partial charge in [0.15, 0.2) is 0 Å². The molecule has 3 N–H and O–H groups in total. The van der Waals surface area contributed by atoms with Crippen LogP contribution in [0.3, 0.4) is 0 Å². The minimum Gasteiger partial charge on any atom is -0.348 e. The summed E-state index contributed by atoms with van der Waals surface area (Å²) < 4.78 is 0. The summed E-state index contributed by atoms with van der Waals surface area (Å²) in [5, 5.41) is 5.72. The third kappa shape index (κ3) is 4.64. The Labute approximate surface area is 135 Å². The van der Waals surface area contributed by atoms with E-state index in [1.807, 2.05) is 6.92 Å². The largest absolute Gasteiger partial charge is 0.348 e. The number of hydrogen-bond acceptors (Lipinski definition) is 4. The SMILES string of the molecule is Cc1cc(C)cc(CC(C)NC(=O)c2csc(CCN)n2)c1. The van der Waals surface area contributed by atoms with Crippen molar-refractivity contribution in [3.8, 4) is 0 Å². The van der Waals surface area contributed by atoms with E-state index in [0.717, 1.165) is 17.8 Å². The van der Waals surface area contributed by atoms with Gasteiger partial charge in [-0.15, -0.1) is 11.3 Å². The molecule has 5 heteroatoms. The molecule has 1 aromatic heterocycles. The number of carbonyl (C=O) groups excluding carboxylic acids is 1. The summed E-state index contributed by atoms with van der Waals surface area (Å²) in [4.78, 5) is 16.5. The highest BCUT2D eigenvalue weighted by Crippen LogP contribution is 2.12. The van der Waals surface area contributed by atoms with Gasteiger partial charge in [0.1, 0.15) is 5.69 Å². The van der Waals surface area contributed by atoms with Crippen molar-refractivity contribution in [2.45, 2.75) is 39.7 Å². The molecule has 4 nitrogen and oxygen atoms in total. The van der Waals surface area contributed by atoms with Crippen molar-refractivity contribution in [2.24, 2.45) is 5.73 Å². The molecule has 0 saturated heterocycles. The number of amides is 1. The number of rotatable bonds is 6. The molecule has 2 rings (SSSR count). The van der Waals surface area contributed by atoms with E-state index in [1.54, 1.807) is 5.38 Å². The zero-order valence-electron chi connectivity index (χ0n) is 13.3. The van der Waals surface area contributed by atoms with E-state index in [1.165, 1.54) is 28.0 Å². The highest BCUT2D eigenvalue weighted by molar-refractivity contribution is 7.09. The van der Waals surface area contributed by atoms with Crippen molar-refractivity contribution in [3.05, 3.63) is 51.0 Å². The number of benzene rings is 1. The fraction of sp³-hybridized carbons (Fsp3) is 0.412. The Hall–Kier alpha value is -1.72. The van der Waals surface area contributed by atoms with Crippen LogP contribution in [0.2, 0.25) is 0 Å². The maximum absolute atomic E-state index is 12.2. The van der Waals surface area contributed by atoms with Crippen LogP contribution in [0.1, 0.15) is 39.1 Å². The standard InChI is InChI=1S/C17H23N3OS/c1-11-6-12(2)8-14(7-11)9-13(3)19-17(21)15-10-22-16(20-15)4-5-18/h6-8,10,13H,4-5,9,18H2,1-3H3,(H,19,21). The molecule has 118 valence electrons. The van der Waals surface area contributed by atoms with Crippen LogP contribution in [0, 0.1) is 13.8 Å². The van der Waals surface area contributed by atoms with Crippen LogP contribution >= 0.6 is 11.3 Å². The summed E-state index contributed by atoms with van der Waals surface area (Å²) in [6, 6.07) is 6.55. The number of aromatic nitrogens is 1. The lowest BCUT2D eigenvalue weighted by Crippen LogP contribution is -2.34. The summed E-state index contributed by atoms with van der Waals surface area (Å²) in [5.74, 6) is -0.114. The van der Waals surface area contributed by atoms with Gasteiger partial charge < -0.3 is 11.1 Å². The highest BCUT2D eigenvalue weighted by atomic mass is 32.1. The number of nitrogens with one attached hydrogen (secondary N) is 1. The average molecular weight is 317 g/mol. The molecule has 1 aromatic carbocycles. The number of aryl methyl sites for hydroxylation is 2. The molecular formula is C17H23N3OS. The van der Waals surface area contributed by atoms with Crippen molar-refractivity contribution in [1.82, 2.24) is 10.3 Å². The fourth-order valence-electron chi connectivity index (χ4n) is 2.54. The van der Waals surface area contributed by atoms with Gasteiger partial charge >= 0.3 is 0 Å². The predicted molar refractivity (Wildman–Crippen MR) is 91.4 cm³/mol. The molecule has 0 aliphatic heterocycles. The number of nitrogens with two attached hydrogens (primary N) is 1. The lowest BCUT2D eigenvalue weighted by Gasteiger charge is -2.14. The lowest BCUT2D eigenvalue weighted by molar-refractivity contribution is 0.0935. The molecule has 1 atom stereocenters.